The van der Waals surface area contributed by atoms with Crippen LogP contribution in [0.2, 0.25) is 10.0 Å². The molecule has 0 aliphatic heterocycles. The van der Waals surface area contributed by atoms with Gasteiger partial charge in [0, 0.05) is 5.02 Å². The highest BCUT2D eigenvalue weighted by Crippen LogP contribution is 2.24. The SMILES string of the molecule is Cc1cc(OC(=O)c2nc(S(=O)(=O)Cc3ccccc3C)ncc2Cl)ccc1Cl. The van der Waals surface area contributed by atoms with Gasteiger partial charge in [-0.3, -0.25) is 0 Å². The zero-order valence-corrected chi connectivity index (χ0v) is 17.8. The molecule has 6 nitrogen and oxygen atoms in total. The fourth-order valence-corrected chi connectivity index (χ4v) is 4.11. The zero-order valence-electron chi connectivity index (χ0n) is 15.5. The maximum Gasteiger partial charge on any atom is 0.364 e. The number of aromatic nitrogens is 2. The van der Waals surface area contributed by atoms with E-state index in [1.165, 1.54) is 6.07 Å². The van der Waals surface area contributed by atoms with Crippen molar-refractivity contribution in [2.24, 2.45) is 0 Å². The Morgan fingerprint density at radius 2 is 1.76 bits per heavy atom. The standard InChI is InChI=1S/C20H16Cl2N2O4S/c1-12-5-3-4-6-14(12)11-29(26,27)20-23-10-17(22)18(24-20)19(25)28-15-7-8-16(21)13(2)9-15/h3-10H,11H2,1-2H3. The van der Waals surface area contributed by atoms with Crippen LogP contribution >= 0.6 is 23.2 Å². The van der Waals surface area contributed by atoms with E-state index in [1.54, 1.807) is 31.2 Å². The topological polar surface area (TPSA) is 86.2 Å². The first-order valence-corrected chi connectivity index (χ1v) is 10.9. The summed E-state index contributed by atoms with van der Waals surface area (Å²) in [4.78, 5) is 20.2. The lowest BCUT2D eigenvalue weighted by Gasteiger charge is -2.09. The zero-order chi connectivity index (χ0) is 21.2. The molecule has 3 aromatic rings. The quantitative estimate of drug-likeness (QED) is 0.320. The summed E-state index contributed by atoms with van der Waals surface area (Å²) in [5.74, 6) is -0.964. The number of carbonyl (C=O) groups is 1. The molecule has 0 unspecified atom stereocenters. The lowest BCUT2D eigenvalue weighted by atomic mass is 10.1. The Labute approximate surface area is 178 Å². The number of nitrogens with zero attached hydrogens (tertiary/aromatic N) is 2. The van der Waals surface area contributed by atoms with E-state index in [1.807, 2.05) is 19.1 Å². The Kier molecular flexibility index (Phi) is 6.21. The van der Waals surface area contributed by atoms with Gasteiger partial charge in [0.25, 0.3) is 0 Å². The molecule has 0 spiro atoms. The van der Waals surface area contributed by atoms with Crippen LogP contribution in [-0.4, -0.2) is 24.4 Å². The molecule has 0 aliphatic rings. The van der Waals surface area contributed by atoms with E-state index in [2.05, 4.69) is 9.97 Å². The van der Waals surface area contributed by atoms with Crippen LogP contribution in [-0.2, 0) is 15.6 Å². The highest BCUT2D eigenvalue weighted by molar-refractivity contribution is 7.90. The van der Waals surface area contributed by atoms with E-state index in [-0.39, 0.29) is 22.2 Å². The van der Waals surface area contributed by atoms with Crippen molar-refractivity contribution >= 4 is 39.0 Å². The van der Waals surface area contributed by atoms with Crippen molar-refractivity contribution in [3.8, 4) is 5.75 Å². The molecular weight excluding hydrogens is 435 g/mol. The lowest BCUT2D eigenvalue weighted by molar-refractivity contribution is 0.0727. The van der Waals surface area contributed by atoms with Gasteiger partial charge in [-0.05, 0) is 48.7 Å². The molecule has 2 aromatic carbocycles. The van der Waals surface area contributed by atoms with Crippen molar-refractivity contribution < 1.29 is 17.9 Å². The average Bonchev–Trinajstić information content (AvgIpc) is 2.66. The molecule has 0 amide bonds. The second kappa shape index (κ2) is 8.49. The van der Waals surface area contributed by atoms with Crippen LogP contribution in [0, 0.1) is 13.8 Å². The molecule has 0 saturated heterocycles. The third-order valence-electron chi connectivity index (χ3n) is 4.14. The summed E-state index contributed by atoms with van der Waals surface area (Å²) < 4.78 is 30.7. The number of aryl methyl sites for hydroxylation is 2. The van der Waals surface area contributed by atoms with Gasteiger partial charge in [-0.15, -0.1) is 0 Å². The third kappa shape index (κ3) is 4.93. The van der Waals surface area contributed by atoms with Crippen LogP contribution in [0.25, 0.3) is 0 Å². The normalized spacial score (nSPS) is 11.3. The Morgan fingerprint density at radius 1 is 1.03 bits per heavy atom. The van der Waals surface area contributed by atoms with Crippen LogP contribution in [0.4, 0.5) is 0 Å². The number of carbonyl (C=O) groups excluding carboxylic acids is 1. The third-order valence-corrected chi connectivity index (χ3v) is 6.29. The van der Waals surface area contributed by atoms with Crippen LogP contribution in [0.5, 0.6) is 5.75 Å². The first-order valence-electron chi connectivity index (χ1n) is 8.45. The molecule has 0 fully saturated rings. The van der Waals surface area contributed by atoms with Gasteiger partial charge in [0.15, 0.2) is 5.69 Å². The second-order valence-corrected chi connectivity index (χ2v) is 9.03. The number of ether oxygens (including phenoxy) is 1. The second-order valence-electron chi connectivity index (χ2n) is 6.34. The van der Waals surface area contributed by atoms with E-state index in [0.717, 1.165) is 11.8 Å². The summed E-state index contributed by atoms with van der Waals surface area (Å²) >= 11 is 12.0. The van der Waals surface area contributed by atoms with Gasteiger partial charge in [-0.1, -0.05) is 47.5 Å². The Morgan fingerprint density at radius 3 is 2.45 bits per heavy atom. The number of rotatable bonds is 5. The fraction of sp³-hybridized carbons (Fsp3) is 0.150. The smallest absolute Gasteiger partial charge is 0.364 e. The Balaban J connectivity index is 1.89. The Bertz CT molecular complexity index is 1200. The molecule has 0 atom stereocenters. The summed E-state index contributed by atoms with van der Waals surface area (Å²) in [6.45, 7) is 3.57. The number of sulfone groups is 1. The fourth-order valence-electron chi connectivity index (χ4n) is 2.52. The van der Waals surface area contributed by atoms with E-state index >= 15 is 0 Å². The molecular formula is C20H16Cl2N2O4S. The number of halogens is 2. The Hall–Kier alpha value is -2.48. The van der Waals surface area contributed by atoms with Gasteiger partial charge in [0.1, 0.15) is 5.75 Å². The minimum Gasteiger partial charge on any atom is -0.422 e. The van der Waals surface area contributed by atoms with E-state index < -0.39 is 21.0 Å². The van der Waals surface area contributed by atoms with Crippen LogP contribution < -0.4 is 4.74 Å². The molecule has 0 N–H and O–H groups in total. The monoisotopic (exact) mass is 450 g/mol. The lowest BCUT2D eigenvalue weighted by Crippen LogP contribution is -2.16. The molecule has 9 heteroatoms. The van der Waals surface area contributed by atoms with Crippen LogP contribution in [0.3, 0.4) is 0 Å². The van der Waals surface area contributed by atoms with E-state index in [9.17, 15) is 13.2 Å². The summed E-state index contributed by atoms with van der Waals surface area (Å²) in [7, 11) is -3.90. The summed E-state index contributed by atoms with van der Waals surface area (Å²) in [6, 6.07) is 11.8. The van der Waals surface area contributed by atoms with Gasteiger partial charge in [-0.2, -0.15) is 0 Å². The maximum atomic E-state index is 12.7. The summed E-state index contributed by atoms with van der Waals surface area (Å²) in [5.41, 5.74) is 1.82. The van der Waals surface area contributed by atoms with E-state index in [4.69, 9.17) is 27.9 Å². The first kappa shape index (κ1) is 21.2. The van der Waals surface area contributed by atoms with Gasteiger partial charge < -0.3 is 4.74 Å². The predicted octanol–water partition coefficient (Wildman–Crippen LogP) is 4.59. The molecule has 0 saturated carbocycles. The molecule has 0 bridgehead atoms. The van der Waals surface area contributed by atoms with Crippen molar-refractivity contribution in [3.63, 3.8) is 0 Å². The largest absolute Gasteiger partial charge is 0.422 e. The molecule has 29 heavy (non-hydrogen) atoms. The van der Waals surface area contributed by atoms with Gasteiger partial charge in [0.05, 0.1) is 17.0 Å². The van der Waals surface area contributed by atoms with Gasteiger partial charge in [-0.25, -0.2) is 23.2 Å². The minimum absolute atomic E-state index is 0.115. The van der Waals surface area contributed by atoms with Gasteiger partial charge >= 0.3 is 5.97 Å². The highest BCUT2D eigenvalue weighted by Gasteiger charge is 2.24. The minimum atomic E-state index is -3.90. The summed E-state index contributed by atoms with van der Waals surface area (Å²) in [6.07, 6.45) is 1.07. The predicted molar refractivity (Wildman–Crippen MR) is 110 cm³/mol. The summed E-state index contributed by atoms with van der Waals surface area (Å²) in [5, 5.41) is -0.0885. The average molecular weight is 451 g/mol. The van der Waals surface area contributed by atoms with Crippen molar-refractivity contribution in [1.29, 1.82) is 0 Å². The highest BCUT2D eigenvalue weighted by atomic mass is 35.5. The number of benzene rings is 2. The van der Waals surface area contributed by atoms with Crippen molar-refractivity contribution in [1.82, 2.24) is 9.97 Å². The van der Waals surface area contributed by atoms with Crippen LogP contribution in [0.1, 0.15) is 27.2 Å². The van der Waals surface area contributed by atoms with Crippen LogP contribution in [0.15, 0.2) is 53.8 Å². The van der Waals surface area contributed by atoms with Crippen molar-refractivity contribution in [2.75, 3.05) is 0 Å². The first-order chi connectivity index (χ1) is 13.7. The number of esters is 1. The molecule has 1 heterocycles. The maximum absolute atomic E-state index is 12.7. The molecule has 0 radical (unpaired) electrons. The van der Waals surface area contributed by atoms with Gasteiger partial charge in [0.2, 0.25) is 15.0 Å². The van der Waals surface area contributed by atoms with E-state index in [0.29, 0.717) is 16.1 Å². The molecule has 3 rings (SSSR count). The van der Waals surface area contributed by atoms with Crippen molar-refractivity contribution in [3.05, 3.63) is 81.1 Å². The van der Waals surface area contributed by atoms with Crippen molar-refractivity contribution in [2.45, 2.75) is 24.8 Å². The number of hydrogen-bond donors (Lipinski definition) is 0. The number of hydrogen-bond acceptors (Lipinski definition) is 6. The molecule has 150 valence electrons. The molecule has 1 aromatic heterocycles. The molecule has 0 aliphatic carbocycles.